The Balaban J connectivity index is 1.98. The molecular formula is C18H13F3N2O4. The minimum Gasteiger partial charge on any atom is -0.449 e. The molecule has 0 saturated heterocycles. The number of hydrogen-bond donors (Lipinski definition) is 1. The Bertz CT molecular complexity index is 873. The van der Waals surface area contributed by atoms with Crippen LogP contribution in [0.3, 0.4) is 0 Å². The van der Waals surface area contributed by atoms with Crippen LogP contribution >= 0.6 is 0 Å². The van der Waals surface area contributed by atoms with Crippen molar-refractivity contribution in [2.24, 2.45) is 0 Å². The lowest BCUT2D eigenvalue weighted by molar-refractivity contribution is -0.274. The van der Waals surface area contributed by atoms with Crippen molar-refractivity contribution < 1.29 is 32.2 Å². The van der Waals surface area contributed by atoms with Gasteiger partial charge in [0.05, 0.1) is 16.8 Å². The van der Waals surface area contributed by atoms with Crippen molar-refractivity contribution in [2.75, 3.05) is 5.32 Å². The fourth-order valence-electron chi connectivity index (χ4n) is 2.00. The maximum Gasteiger partial charge on any atom is 0.573 e. The minimum atomic E-state index is -4.84. The molecule has 27 heavy (non-hydrogen) atoms. The Labute approximate surface area is 152 Å². The summed E-state index contributed by atoms with van der Waals surface area (Å²) in [5.74, 6) is -2.05. The number of benzene rings is 2. The van der Waals surface area contributed by atoms with Gasteiger partial charge in [-0.05, 0) is 43.3 Å². The van der Waals surface area contributed by atoms with Crippen molar-refractivity contribution in [3.63, 3.8) is 0 Å². The predicted molar refractivity (Wildman–Crippen MR) is 87.8 cm³/mol. The van der Waals surface area contributed by atoms with Gasteiger partial charge in [-0.25, -0.2) is 4.79 Å². The van der Waals surface area contributed by atoms with Gasteiger partial charge >= 0.3 is 12.3 Å². The molecule has 2 aromatic carbocycles. The molecule has 1 amide bonds. The molecule has 1 atom stereocenters. The van der Waals surface area contributed by atoms with E-state index in [1.807, 2.05) is 6.07 Å². The molecule has 140 valence electrons. The summed E-state index contributed by atoms with van der Waals surface area (Å²) in [5, 5.41) is 11.5. The third-order valence-electron chi connectivity index (χ3n) is 3.28. The van der Waals surface area contributed by atoms with Crippen LogP contribution in [0.25, 0.3) is 0 Å². The summed E-state index contributed by atoms with van der Waals surface area (Å²) < 4.78 is 45.0. The molecule has 0 saturated carbocycles. The largest absolute Gasteiger partial charge is 0.573 e. The first kappa shape index (κ1) is 19.8. The van der Waals surface area contributed by atoms with E-state index in [4.69, 9.17) is 10.00 Å². The Morgan fingerprint density at radius 1 is 1.11 bits per heavy atom. The second-order valence-electron chi connectivity index (χ2n) is 5.27. The summed E-state index contributed by atoms with van der Waals surface area (Å²) in [5.41, 5.74) is 0.452. The molecule has 0 fully saturated rings. The zero-order valence-corrected chi connectivity index (χ0v) is 13.9. The van der Waals surface area contributed by atoms with Gasteiger partial charge in [-0.2, -0.15) is 5.26 Å². The number of alkyl halides is 3. The van der Waals surface area contributed by atoms with Crippen LogP contribution in [0.5, 0.6) is 5.75 Å². The maximum absolute atomic E-state index is 12.1. The number of amides is 1. The summed E-state index contributed by atoms with van der Waals surface area (Å²) in [6.45, 7) is 1.32. The van der Waals surface area contributed by atoms with Crippen LogP contribution in [-0.2, 0) is 9.53 Å². The molecule has 0 unspecified atom stereocenters. The molecule has 0 radical (unpaired) electrons. The van der Waals surface area contributed by atoms with E-state index in [1.165, 1.54) is 19.1 Å². The zero-order chi connectivity index (χ0) is 20.0. The highest BCUT2D eigenvalue weighted by Crippen LogP contribution is 2.23. The quantitative estimate of drug-likeness (QED) is 0.803. The van der Waals surface area contributed by atoms with Crippen molar-refractivity contribution in [1.29, 1.82) is 5.26 Å². The van der Waals surface area contributed by atoms with Crippen molar-refractivity contribution in [2.45, 2.75) is 19.4 Å². The second kappa shape index (κ2) is 8.23. The number of ether oxygens (including phenoxy) is 2. The molecule has 2 rings (SSSR count). The topological polar surface area (TPSA) is 88.4 Å². The maximum atomic E-state index is 12.1. The van der Waals surface area contributed by atoms with E-state index in [1.54, 1.807) is 12.1 Å². The number of carbonyl (C=O) groups excluding carboxylic acids is 2. The van der Waals surface area contributed by atoms with Gasteiger partial charge in [0.25, 0.3) is 5.91 Å². The number of anilines is 1. The van der Waals surface area contributed by atoms with Gasteiger partial charge in [0, 0.05) is 0 Å². The van der Waals surface area contributed by atoms with E-state index in [9.17, 15) is 22.8 Å². The number of nitriles is 1. The van der Waals surface area contributed by atoms with Crippen LogP contribution in [0.15, 0.2) is 48.5 Å². The van der Waals surface area contributed by atoms with E-state index >= 15 is 0 Å². The fourth-order valence-corrected chi connectivity index (χ4v) is 2.00. The third-order valence-corrected chi connectivity index (χ3v) is 3.28. The van der Waals surface area contributed by atoms with Gasteiger partial charge in [0.1, 0.15) is 11.8 Å². The molecule has 0 aromatic heterocycles. The smallest absolute Gasteiger partial charge is 0.449 e. The Morgan fingerprint density at radius 2 is 1.74 bits per heavy atom. The standard InChI is InChI=1S/C18H13F3N2O4/c1-11(16(24)23-15-5-3-2-4-13(15)10-22)26-17(25)12-6-8-14(9-7-12)27-18(19,20)21/h2-9,11H,1H3,(H,23,24)/t11-/m1/s1. The van der Waals surface area contributed by atoms with E-state index in [-0.39, 0.29) is 16.8 Å². The van der Waals surface area contributed by atoms with Crippen LogP contribution in [0.4, 0.5) is 18.9 Å². The lowest BCUT2D eigenvalue weighted by atomic mass is 10.2. The molecular weight excluding hydrogens is 365 g/mol. The van der Waals surface area contributed by atoms with Crippen LogP contribution < -0.4 is 10.1 Å². The van der Waals surface area contributed by atoms with Gasteiger partial charge in [-0.3, -0.25) is 4.79 Å². The number of hydrogen-bond acceptors (Lipinski definition) is 5. The molecule has 0 spiro atoms. The molecule has 9 heteroatoms. The number of esters is 1. The van der Waals surface area contributed by atoms with Crippen molar-refractivity contribution in [3.05, 3.63) is 59.7 Å². The van der Waals surface area contributed by atoms with Crippen LogP contribution in [-0.4, -0.2) is 24.3 Å². The number of nitrogens with one attached hydrogen (secondary N) is 1. The molecule has 0 bridgehead atoms. The van der Waals surface area contributed by atoms with E-state index in [0.717, 1.165) is 24.3 Å². The Morgan fingerprint density at radius 3 is 2.33 bits per heavy atom. The highest BCUT2D eigenvalue weighted by Gasteiger charge is 2.31. The van der Waals surface area contributed by atoms with Crippen LogP contribution in [0.2, 0.25) is 0 Å². The lowest BCUT2D eigenvalue weighted by Crippen LogP contribution is -2.30. The highest BCUT2D eigenvalue weighted by atomic mass is 19.4. The fraction of sp³-hybridized carbons (Fsp3) is 0.167. The molecule has 0 aliphatic heterocycles. The van der Waals surface area contributed by atoms with E-state index < -0.39 is 30.1 Å². The van der Waals surface area contributed by atoms with Crippen LogP contribution in [0, 0.1) is 11.3 Å². The lowest BCUT2D eigenvalue weighted by Gasteiger charge is -2.14. The van der Waals surface area contributed by atoms with Crippen molar-refractivity contribution in [3.8, 4) is 11.8 Å². The average Bonchev–Trinajstić information content (AvgIpc) is 2.61. The number of halogens is 3. The molecule has 0 heterocycles. The predicted octanol–water partition coefficient (Wildman–Crippen LogP) is 3.64. The summed E-state index contributed by atoms with van der Waals surface area (Å²) in [6, 6.07) is 12.3. The zero-order valence-electron chi connectivity index (χ0n) is 13.9. The minimum absolute atomic E-state index is 0.0541. The first-order valence-electron chi connectivity index (χ1n) is 7.56. The van der Waals surface area contributed by atoms with Gasteiger partial charge in [-0.15, -0.1) is 13.2 Å². The van der Waals surface area contributed by atoms with E-state index in [0.29, 0.717) is 0 Å². The van der Waals surface area contributed by atoms with E-state index in [2.05, 4.69) is 10.1 Å². The first-order valence-corrected chi connectivity index (χ1v) is 7.56. The second-order valence-corrected chi connectivity index (χ2v) is 5.27. The monoisotopic (exact) mass is 378 g/mol. The average molecular weight is 378 g/mol. The molecule has 2 aromatic rings. The van der Waals surface area contributed by atoms with Gasteiger partial charge in [0.15, 0.2) is 6.10 Å². The van der Waals surface area contributed by atoms with Gasteiger partial charge in [0.2, 0.25) is 0 Å². The molecule has 6 nitrogen and oxygen atoms in total. The molecule has 1 N–H and O–H groups in total. The molecule has 0 aliphatic carbocycles. The van der Waals surface area contributed by atoms with Gasteiger partial charge in [-0.1, -0.05) is 12.1 Å². The third kappa shape index (κ3) is 5.74. The summed E-state index contributed by atoms with van der Waals surface area (Å²) in [6.07, 6.45) is -6.04. The Hall–Kier alpha value is -3.54. The van der Waals surface area contributed by atoms with Crippen molar-refractivity contribution in [1.82, 2.24) is 0 Å². The summed E-state index contributed by atoms with van der Waals surface area (Å²) in [4.78, 5) is 24.1. The number of carbonyl (C=O) groups is 2. The van der Waals surface area contributed by atoms with Gasteiger partial charge < -0.3 is 14.8 Å². The van der Waals surface area contributed by atoms with Crippen LogP contribution in [0.1, 0.15) is 22.8 Å². The Kier molecular flexibility index (Phi) is 6.03. The number of rotatable bonds is 5. The van der Waals surface area contributed by atoms with Crippen molar-refractivity contribution >= 4 is 17.6 Å². The number of para-hydroxylation sites is 1. The molecule has 0 aliphatic rings. The first-order chi connectivity index (χ1) is 12.7. The summed E-state index contributed by atoms with van der Waals surface area (Å²) >= 11 is 0. The summed E-state index contributed by atoms with van der Waals surface area (Å²) in [7, 11) is 0. The number of nitrogens with zero attached hydrogens (tertiary/aromatic N) is 1. The normalized spacial score (nSPS) is 11.8. The SMILES string of the molecule is C[C@@H](OC(=O)c1ccc(OC(F)(F)F)cc1)C(=O)Nc1ccccc1C#N. The highest BCUT2D eigenvalue weighted by molar-refractivity contribution is 5.98.